The van der Waals surface area contributed by atoms with Crippen LogP contribution in [-0.2, 0) is 21.6 Å². The molecule has 0 fully saturated rings. The van der Waals surface area contributed by atoms with Gasteiger partial charge in [-0.15, -0.1) is 0 Å². The van der Waals surface area contributed by atoms with E-state index in [9.17, 15) is 21.6 Å². The summed E-state index contributed by atoms with van der Waals surface area (Å²) in [6.45, 7) is 0. The minimum absolute atomic E-state index is 0.0724. The SMILES string of the molecule is O=S(=O)(Cl)CCc1cnc(C(F)(F)F)cn1. The number of aryl methyl sites for hydroxylation is 1. The molecular weight excluding hydrogens is 269 g/mol. The Kier molecular flexibility index (Phi) is 3.74. The standard InChI is InChI=1S/C7H6ClF3N2O2S/c8-16(14,15)2-1-5-3-13-6(4-12-5)7(9,10)11/h3-4H,1-2H2. The summed E-state index contributed by atoms with van der Waals surface area (Å²) < 4.78 is 57.4. The molecule has 16 heavy (non-hydrogen) atoms. The highest BCUT2D eigenvalue weighted by atomic mass is 35.7. The second kappa shape index (κ2) is 4.54. The average molecular weight is 275 g/mol. The topological polar surface area (TPSA) is 59.9 Å². The largest absolute Gasteiger partial charge is 0.434 e. The number of hydrogen-bond donors (Lipinski definition) is 0. The third kappa shape index (κ3) is 4.31. The molecule has 1 aromatic heterocycles. The van der Waals surface area contributed by atoms with Gasteiger partial charge in [0.25, 0.3) is 0 Å². The maximum absolute atomic E-state index is 12.1. The third-order valence-electron chi connectivity index (χ3n) is 1.60. The van der Waals surface area contributed by atoms with E-state index in [1.165, 1.54) is 0 Å². The molecule has 0 aliphatic carbocycles. The summed E-state index contributed by atoms with van der Waals surface area (Å²) in [7, 11) is 1.25. The molecule has 4 nitrogen and oxygen atoms in total. The van der Waals surface area contributed by atoms with Crippen molar-refractivity contribution >= 4 is 19.7 Å². The van der Waals surface area contributed by atoms with Crippen LogP contribution in [0.3, 0.4) is 0 Å². The van der Waals surface area contributed by atoms with Gasteiger partial charge in [-0.3, -0.25) is 4.98 Å². The highest BCUT2D eigenvalue weighted by Crippen LogP contribution is 2.26. The van der Waals surface area contributed by atoms with Gasteiger partial charge in [0, 0.05) is 23.3 Å². The molecule has 0 amide bonds. The fourth-order valence-electron chi connectivity index (χ4n) is 0.857. The summed E-state index contributed by atoms with van der Waals surface area (Å²) in [5.41, 5.74) is -0.984. The minimum atomic E-state index is -4.55. The number of hydrogen-bond acceptors (Lipinski definition) is 4. The molecule has 1 rings (SSSR count). The second-order valence-electron chi connectivity index (χ2n) is 2.88. The van der Waals surface area contributed by atoms with Crippen molar-refractivity contribution in [3.63, 3.8) is 0 Å². The molecule has 0 radical (unpaired) electrons. The van der Waals surface area contributed by atoms with E-state index in [2.05, 4.69) is 9.97 Å². The zero-order valence-electron chi connectivity index (χ0n) is 7.70. The van der Waals surface area contributed by atoms with Gasteiger partial charge in [0.05, 0.1) is 17.6 Å². The van der Waals surface area contributed by atoms with Crippen molar-refractivity contribution in [3.05, 3.63) is 23.8 Å². The molecule has 0 aromatic carbocycles. The van der Waals surface area contributed by atoms with E-state index < -0.39 is 26.7 Å². The monoisotopic (exact) mass is 274 g/mol. The molecule has 0 spiro atoms. The van der Waals surface area contributed by atoms with Gasteiger partial charge < -0.3 is 0 Å². The number of alkyl halides is 3. The lowest BCUT2D eigenvalue weighted by molar-refractivity contribution is -0.141. The van der Waals surface area contributed by atoms with Crippen molar-refractivity contribution in [3.8, 4) is 0 Å². The van der Waals surface area contributed by atoms with Gasteiger partial charge in [-0.2, -0.15) is 13.2 Å². The molecule has 0 aliphatic heterocycles. The lowest BCUT2D eigenvalue weighted by Crippen LogP contribution is -2.10. The van der Waals surface area contributed by atoms with E-state index in [-0.39, 0.29) is 12.1 Å². The van der Waals surface area contributed by atoms with Crippen LogP contribution in [0.4, 0.5) is 13.2 Å². The number of halogens is 4. The first-order valence-electron chi connectivity index (χ1n) is 3.99. The number of rotatable bonds is 3. The zero-order chi connectivity index (χ0) is 12.4. The summed E-state index contributed by atoms with van der Waals surface area (Å²) in [5, 5.41) is 0. The summed E-state index contributed by atoms with van der Waals surface area (Å²) in [6, 6.07) is 0. The smallest absolute Gasteiger partial charge is 0.257 e. The molecular formula is C7H6ClF3N2O2S. The Morgan fingerprint density at radius 1 is 1.25 bits per heavy atom. The first-order chi connectivity index (χ1) is 7.18. The van der Waals surface area contributed by atoms with Gasteiger partial charge in [-0.25, -0.2) is 13.4 Å². The van der Waals surface area contributed by atoms with Gasteiger partial charge >= 0.3 is 6.18 Å². The molecule has 0 N–H and O–H groups in total. The van der Waals surface area contributed by atoms with Crippen molar-refractivity contribution in [1.29, 1.82) is 0 Å². The van der Waals surface area contributed by atoms with Crippen molar-refractivity contribution in [2.45, 2.75) is 12.6 Å². The minimum Gasteiger partial charge on any atom is -0.257 e. The van der Waals surface area contributed by atoms with E-state index >= 15 is 0 Å². The van der Waals surface area contributed by atoms with Gasteiger partial charge in [-0.1, -0.05) is 0 Å². The van der Waals surface area contributed by atoms with Gasteiger partial charge in [0.1, 0.15) is 0 Å². The molecule has 9 heteroatoms. The van der Waals surface area contributed by atoms with Crippen molar-refractivity contribution in [1.82, 2.24) is 9.97 Å². The second-order valence-corrected chi connectivity index (χ2v) is 5.78. The number of nitrogens with zero attached hydrogens (tertiary/aromatic N) is 2. The highest BCUT2D eigenvalue weighted by Gasteiger charge is 2.32. The first kappa shape index (κ1) is 13.2. The van der Waals surface area contributed by atoms with E-state index in [1.54, 1.807) is 0 Å². The predicted molar refractivity (Wildman–Crippen MR) is 50.4 cm³/mol. The summed E-state index contributed by atoms with van der Waals surface area (Å²) in [6.07, 6.45) is -3.19. The van der Waals surface area contributed by atoms with Crippen LogP contribution in [0, 0.1) is 0 Å². The molecule has 0 saturated heterocycles. The molecule has 1 heterocycles. The van der Waals surface area contributed by atoms with E-state index in [0.29, 0.717) is 6.20 Å². The van der Waals surface area contributed by atoms with E-state index in [0.717, 1.165) is 6.20 Å². The third-order valence-corrected chi connectivity index (χ3v) is 2.75. The summed E-state index contributed by atoms with van der Waals surface area (Å²) in [4.78, 5) is 6.57. The lowest BCUT2D eigenvalue weighted by Gasteiger charge is -2.05. The van der Waals surface area contributed by atoms with Crippen LogP contribution in [-0.4, -0.2) is 24.1 Å². The van der Waals surface area contributed by atoms with Gasteiger partial charge in [0.15, 0.2) is 5.69 Å². The molecule has 0 unspecified atom stereocenters. The molecule has 0 aliphatic rings. The van der Waals surface area contributed by atoms with Crippen molar-refractivity contribution < 1.29 is 21.6 Å². The highest BCUT2D eigenvalue weighted by molar-refractivity contribution is 8.13. The average Bonchev–Trinajstić information content (AvgIpc) is 2.13. The summed E-state index contributed by atoms with van der Waals surface area (Å²) >= 11 is 0. The van der Waals surface area contributed by atoms with Crippen LogP contribution < -0.4 is 0 Å². The van der Waals surface area contributed by atoms with Gasteiger partial charge in [-0.05, 0) is 0 Å². The summed E-state index contributed by atoms with van der Waals surface area (Å²) in [5.74, 6) is -0.394. The fourth-order valence-corrected chi connectivity index (χ4v) is 1.54. The normalized spacial score (nSPS) is 12.8. The predicted octanol–water partition coefficient (Wildman–Crippen LogP) is 1.61. The van der Waals surface area contributed by atoms with Crippen LogP contribution in [0.15, 0.2) is 12.4 Å². The Morgan fingerprint density at radius 2 is 1.88 bits per heavy atom. The quantitative estimate of drug-likeness (QED) is 0.786. The van der Waals surface area contributed by atoms with E-state index in [1.807, 2.05) is 0 Å². The molecule has 90 valence electrons. The fraction of sp³-hybridized carbons (Fsp3) is 0.429. The van der Waals surface area contributed by atoms with Crippen LogP contribution in [0.2, 0.25) is 0 Å². The van der Waals surface area contributed by atoms with Crippen LogP contribution in [0.5, 0.6) is 0 Å². The molecule has 0 saturated carbocycles. The van der Waals surface area contributed by atoms with Crippen molar-refractivity contribution in [2.24, 2.45) is 0 Å². The van der Waals surface area contributed by atoms with Crippen molar-refractivity contribution in [2.75, 3.05) is 5.75 Å². The zero-order valence-corrected chi connectivity index (χ0v) is 9.27. The Balaban J connectivity index is 2.73. The lowest BCUT2D eigenvalue weighted by atomic mass is 10.3. The Labute approximate surface area is 93.9 Å². The van der Waals surface area contributed by atoms with Crippen LogP contribution in [0.1, 0.15) is 11.4 Å². The Hall–Kier alpha value is -0.890. The molecule has 0 bridgehead atoms. The maximum Gasteiger partial charge on any atom is 0.434 e. The number of aromatic nitrogens is 2. The first-order valence-corrected chi connectivity index (χ1v) is 6.47. The van der Waals surface area contributed by atoms with Gasteiger partial charge in [0.2, 0.25) is 9.05 Å². The Bertz CT molecular complexity index is 458. The maximum atomic E-state index is 12.1. The van der Waals surface area contributed by atoms with E-state index in [4.69, 9.17) is 10.7 Å². The molecule has 1 aromatic rings. The Morgan fingerprint density at radius 3 is 2.25 bits per heavy atom. The van der Waals surface area contributed by atoms with Crippen LogP contribution in [0.25, 0.3) is 0 Å². The van der Waals surface area contributed by atoms with Crippen LogP contribution >= 0.6 is 10.7 Å². The molecule has 0 atom stereocenters.